The van der Waals surface area contributed by atoms with Gasteiger partial charge in [-0.15, -0.1) is 10.2 Å². The van der Waals surface area contributed by atoms with Crippen LogP contribution in [-0.2, 0) is 4.79 Å². The summed E-state index contributed by atoms with van der Waals surface area (Å²) in [6.45, 7) is 1.47. The number of nitrogens with two attached hydrogens (primary N) is 1. The van der Waals surface area contributed by atoms with Crippen molar-refractivity contribution in [2.24, 2.45) is 5.10 Å². The van der Waals surface area contributed by atoms with Crippen LogP contribution in [0.4, 0.5) is 17.3 Å². The van der Waals surface area contributed by atoms with Gasteiger partial charge in [-0.05, 0) is 31.2 Å². The van der Waals surface area contributed by atoms with E-state index in [4.69, 9.17) is 5.84 Å². The van der Waals surface area contributed by atoms with Gasteiger partial charge in [0.25, 0.3) is 11.6 Å². The van der Waals surface area contributed by atoms with E-state index >= 15 is 0 Å². The van der Waals surface area contributed by atoms with Crippen LogP contribution in [0.1, 0.15) is 22.8 Å². The fraction of sp³-hybridized carbons (Fsp3) is 0.105. The number of thioether (sulfide) groups is 1. The number of hydrogen-bond acceptors (Lipinski definition) is 10. The highest BCUT2D eigenvalue weighted by Crippen LogP contribution is 2.18. The van der Waals surface area contributed by atoms with Crippen LogP contribution in [0.2, 0.25) is 0 Å². The molecule has 2 aromatic carbocycles. The summed E-state index contributed by atoms with van der Waals surface area (Å²) < 4.78 is 1.13. The Labute approximate surface area is 186 Å². The zero-order valence-corrected chi connectivity index (χ0v) is 17.6. The van der Waals surface area contributed by atoms with E-state index in [0.717, 1.165) is 16.4 Å². The third-order valence-corrected chi connectivity index (χ3v) is 4.97. The molecule has 0 bridgehead atoms. The molecule has 0 aliphatic carbocycles. The number of ketones is 1. The molecule has 0 fully saturated rings. The van der Waals surface area contributed by atoms with E-state index in [2.05, 4.69) is 26.0 Å². The highest BCUT2D eigenvalue weighted by atomic mass is 32.2. The lowest BCUT2D eigenvalue weighted by atomic mass is 10.1. The van der Waals surface area contributed by atoms with Crippen molar-refractivity contribution in [3.8, 4) is 0 Å². The van der Waals surface area contributed by atoms with E-state index in [1.54, 1.807) is 36.4 Å². The molecule has 0 aliphatic heterocycles. The topological polar surface area (TPSA) is 170 Å². The third kappa shape index (κ3) is 5.89. The lowest BCUT2D eigenvalue weighted by molar-refractivity contribution is -0.384. The van der Waals surface area contributed by atoms with Crippen molar-refractivity contribution in [2.75, 3.05) is 22.3 Å². The van der Waals surface area contributed by atoms with E-state index in [1.165, 1.54) is 25.3 Å². The molecule has 0 unspecified atom stereocenters. The van der Waals surface area contributed by atoms with Crippen molar-refractivity contribution in [3.05, 3.63) is 69.8 Å². The third-order valence-electron chi connectivity index (χ3n) is 4.03. The molecular weight excluding hydrogens is 436 g/mol. The van der Waals surface area contributed by atoms with Gasteiger partial charge in [-0.2, -0.15) is 5.10 Å². The minimum absolute atomic E-state index is 0.0285. The zero-order chi connectivity index (χ0) is 23.1. The number of nitrogen functional groups attached to an aromatic ring is 1. The maximum atomic E-state index is 12.1. The van der Waals surface area contributed by atoms with Crippen molar-refractivity contribution in [1.82, 2.24) is 14.9 Å². The number of hydrogen-bond donors (Lipinski definition) is 3. The van der Waals surface area contributed by atoms with Crippen molar-refractivity contribution >= 4 is 47.0 Å². The number of nitro groups is 1. The fourth-order valence-corrected chi connectivity index (χ4v) is 3.11. The molecule has 0 spiro atoms. The quantitative estimate of drug-likeness (QED) is 0.110. The monoisotopic (exact) mass is 454 g/mol. The number of anilines is 2. The minimum atomic E-state index is -0.498. The summed E-state index contributed by atoms with van der Waals surface area (Å²) >= 11 is 1.07. The average molecular weight is 454 g/mol. The summed E-state index contributed by atoms with van der Waals surface area (Å²) in [6.07, 6.45) is 1.37. The van der Waals surface area contributed by atoms with Crippen LogP contribution in [0.15, 0.2) is 58.8 Å². The second kappa shape index (κ2) is 10.2. The number of Topliss-reactive ketones (excluding diaryl/α,β-unsaturated/α-hetero) is 1. The van der Waals surface area contributed by atoms with E-state index < -0.39 is 4.92 Å². The van der Waals surface area contributed by atoms with Crippen molar-refractivity contribution in [1.29, 1.82) is 0 Å². The van der Waals surface area contributed by atoms with Gasteiger partial charge >= 0.3 is 0 Å². The molecule has 0 aliphatic rings. The SMILES string of the molecule is CC(=O)c1ccc(NC(=O)CSc2nnc(N/N=C/c3cccc([N+](=O)[O-])c3)n2N)cc1. The predicted octanol–water partition coefficient (Wildman–Crippen LogP) is 2.28. The first-order chi connectivity index (χ1) is 15.3. The molecule has 0 atom stereocenters. The Balaban J connectivity index is 1.53. The van der Waals surface area contributed by atoms with Gasteiger partial charge in [0, 0.05) is 28.9 Å². The van der Waals surface area contributed by atoms with Crippen LogP contribution in [0, 0.1) is 10.1 Å². The van der Waals surface area contributed by atoms with E-state index in [-0.39, 0.29) is 34.2 Å². The number of amides is 1. The van der Waals surface area contributed by atoms with Gasteiger partial charge in [0.05, 0.1) is 16.9 Å². The van der Waals surface area contributed by atoms with E-state index in [9.17, 15) is 19.7 Å². The number of hydrazone groups is 1. The van der Waals surface area contributed by atoms with Crippen LogP contribution in [-0.4, -0.2) is 43.5 Å². The minimum Gasteiger partial charge on any atom is -0.334 e. The zero-order valence-electron chi connectivity index (χ0n) is 16.8. The molecular formula is C19H18N8O4S. The Morgan fingerprint density at radius 2 is 2.00 bits per heavy atom. The largest absolute Gasteiger partial charge is 0.334 e. The molecule has 1 aromatic heterocycles. The molecule has 0 saturated heterocycles. The van der Waals surface area contributed by atoms with E-state index in [0.29, 0.717) is 16.8 Å². The van der Waals surface area contributed by atoms with Gasteiger partial charge in [-0.1, -0.05) is 23.9 Å². The Hall–Kier alpha value is -4.26. The fourth-order valence-electron chi connectivity index (χ4n) is 2.45. The molecule has 164 valence electrons. The van der Waals surface area contributed by atoms with E-state index in [1.807, 2.05) is 0 Å². The Bertz CT molecular complexity index is 1180. The van der Waals surface area contributed by atoms with Crippen LogP contribution >= 0.6 is 11.8 Å². The normalized spacial score (nSPS) is 10.8. The van der Waals surface area contributed by atoms with Gasteiger partial charge in [-0.25, -0.2) is 10.1 Å². The Morgan fingerprint density at radius 1 is 1.25 bits per heavy atom. The number of carbonyl (C=O) groups is 2. The Morgan fingerprint density at radius 3 is 2.69 bits per heavy atom. The first kappa shape index (κ1) is 22.4. The van der Waals surface area contributed by atoms with Gasteiger partial charge in [0.1, 0.15) is 0 Å². The van der Waals surface area contributed by atoms with Crippen molar-refractivity contribution < 1.29 is 14.5 Å². The lowest BCUT2D eigenvalue weighted by Gasteiger charge is -2.06. The second-order valence-corrected chi connectivity index (χ2v) is 7.31. The molecule has 0 saturated carbocycles. The first-order valence-electron chi connectivity index (χ1n) is 9.11. The first-order valence-corrected chi connectivity index (χ1v) is 10.1. The number of nitrogens with zero attached hydrogens (tertiary/aromatic N) is 5. The number of benzene rings is 2. The van der Waals surface area contributed by atoms with Crippen molar-refractivity contribution in [3.63, 3.8) is 0 Å². The summed E-state index contributed by atoms with van der Waals surface area (Å²) in [6, 6.07) is 12.5. The molecule has 1 amide bonds. The smallest absolute Gasteiger partial charge is 0.270 e. The maximum absolute atomic E-state index is 12.1. The number of nitro benzene ring substituents is 1. The molecule has 1 heterocycles. The molecule has 12 nitrogen and oxygen atoms in total. The number of non-ortho nitro benzene ring substituents is 1. The highest BCUT2D eigenvalue weighted by Gasteiger charge is 2.12. The summed E-state index contributed by atoms with van der Waals surface area (Å²) in [5.41, 5.74) is 4.17. The maximum Gasteiger partial charge on any atom is 0.270 e. The molecule has 32 heavy (non-hydrogen) atoms. The van der Waals surface area contributed by atoms with Crippen LogP contribution < -0.4 is 16.6 Å². The summed E-state index contributed by atoms with van der Waals surface area (Å²) in [5, 5.41) is 25.5. The Kier molecular flexibility index (Phi) is 7.13. The summed E-state index contributed by atoms with van der Waals surface area (Å²) in [7, 11) is 0. The highest BCUT2D eigenvalue weighted by molar-refractivity contribution is 7.99. The van der Waals surface area contributed by atoms with Gasteiger partial charge in [0.2, 0.25) is 11.1 Å². The number of carbonyl (C=O) groups excluding carboxylic acids is 2. The van der Waals surface area contributed by atoms with Crippen LogP contribution in [0.5, 0.6) is 0 Å². The molecule has 4 N–H and O–H groups in total. The summed E-state index contributed by atoms with van der Waals surface area (Å²) in [4.78, 5) is 33.7. The molecule has 0 radical (unpaired) electrons. The second-order valence-electron chi connectivity index (χ2n) is 6.37. The average Bonchev–Trinajstić information content (AvgIpc) is 3.12. The predicted molar refractivity (Wildman–Crippen MR) is 120 cm³/mol. The number of rotatable bonds is 9. The summed E-state index contributed by atoms with van der Waals surface area (Å²) in [5.74, 6) is 5.72. The standard InChI is InChI=1S/C19H18N8O4S/c1-12(28)14-5-7-15(8-6-14)22-17(29)11-32-19-25-24-18(26(19)20)23-21-10-13-3-2-4-16(9-13)27(30)31/h2-10H,11,20H2,1H3,(H,22,29)(H,23,24)/b21-10+. The molecule has 3 rings (SSSR count). The number of aromatic nitrogens is 3. The number of nitrogens with one attached hydrogen (secondary N) is 2. The molecule has 3 aromatic rings. The van der Waals surface area contributed by atoms with Gasteiger partial charge in [-0.3, -0.25) is 19.7 Å². The van der Waals surface area contributed by atoms with Gasteiger partial charge < -0.3 is 11.2 Å². The molecule has 13 heteroatoms. The van der Waals surface area contributed by atoms with Gasteiger partial charge in [0.15, 0.2) is 5.78 Å². The van der Waals surface area contributed by atoms with Crippen molar-refractivity contribution in [2.45, 2.75) is 12.1 Å². The van der Waals surface area contributed by atoms with Crippen LogP contribution in [0.25, 0.3) is 0 Å². The lowest BCUT2D eigenvalue weighted by Crippen LogP contribution is -2.17. The van der Waals surface area contributed by atoms with Crippen LogP contribution in [0.3, 0.4) is 0 Å².